The van der Waals surface area contributed by atoms with E-state index in [9.17, 15) is 9.59 Å². The molecule has 0 aliphatic rings. The van der Waals surface area contributed by atoms with Crippen molar-refractivity contribution >= 4 is 43.6 Å². The first-order valence-corrected chi connectivity index (χ1v) is 9.66. The van der Waals surface area contributed by atoms with Crippen LogP contribution >= 0.6 is 11.3 Å². The second kappa shape index (κ2) is 7.09. The fourth-order valence-electron chi connectivity index (χ4n) is 3.15. The number of aromatic nitrogens is 1. The SMILES string of the molecule is CCOc1ccc2nc(NC(=O)c3cc(=O)c4c(C)cc(C)cc4o3)sc2c1. The number of amides is 1. The van der Waals surface area contributed by atoms with E-state index in [4.69, 9.17) is 9.15 Å². The Hall–Kier alpha value is -3.19. The van der Waals surface area contributed by atoms with Crippen LogP contribution in [0, 0.1) is 13.8 Å². The molecule has 4 aromatic rings. The standard InChI is InChI=1S/C21H18N2O4S/c1-4-26-13-5-6-14-18(9-13)28-21(22-14)23-20(25)17-10-15(24)19-12(3)7-11(2)8-16(19)27-17/h5-10H,4H2,1-3H3,(H,22,23,25). The summed E-state index contributed by atoms with van der Waals surface area (Å²) in [7, 11) is 0. The highest BCUT2D eigenvalue weighted by atomic mass is 32.1. The molecule has 0 unspecified atom stereocenters. The van der Waals surface area contributed by atoms with Crippen molar-refractivity contribution in [1.82, 2.24) is 4.98 Å². The molecule has 1 N–H and O–H groups in total. The normalized spacial score (nSPS) is 11.1. The summed E-state index contributed by atoms with van der Waals surface area (Å²) in [6.45, 7) is 6.26. The van der Waals surface area contributed by atoms with Crippen LogP contribution in [-0.2, 0) is 0 Å². The van der Waals surface area contributed by atoms with E-state index in [0.717, 1.165) is 27.1 Å². The van der Waals surface area contributed by atoms with E-state index in [2.05, 4.69) is 10.3 Å². The highest BCUT2D eigenvalue weighted by Crippen LogP contribution is 2.29. The average Bonchev–Trinajstić information content (AvgIpc) is 3.02. The monoisotopic (exact) mass is 394 g/mol. The third kappa shape index (κ3) is 3.36. The Balaban J connectivity index is 1.66. The molecule has 0 atom stereocenters. The number of fused-ring (bicyclic) bond motifs is 2. The number of nitrogens with zero attached hydrogens (tertiary/aromatic N) is 1. The summed E-state index contributed by atoms with van der Waals surface area (Å²) >= 11 is 1.33. The molecule has 2 aromatic heterocycles. The van der Waals surface area contributed by atoms with Gasteiger partial charge in [-0.2, -0.15) is 0 Å². The summed E-state index contributed by atoms with van der Waals surface area (Å²) in [5, 5.41) is 3.63. The van der Waals surface area contributed by atoms with Crippen molar-refractivity contribution in [2.75, 3.05) is 11.9 Å². The minimum absolute atomic E-state index is 0.0447. The number of hydrogen-bond acceptors (Lipinski definition) is 6. The molecule has 0 bridgehead atoms. The predicted octanol–water partition coefficient (Wildman–Crippen LogP) is 4.67. The summed E-state index contributed by atoms with van der Waals surface area (Å²) in [4.78, 5) is 29.5. The third-order valence-corrected chi connectivity index (χ3v) is 5.22. The molecule has 28 heavy (non-hydrogen) atoms. The van der Waals surface area contributed by atoms with E-state index < -0.39 is 5.91 Å². The Kier molecular flexibility index (Phi) is 4.60. The number of benzene rings is 2. The van der Waals surface area contributed by atoms with Gasteiger partial charge in [-0.05, 0) is 56.2 Å². The number of nitrogens with one attached hydrogen (secondary N) is 1. The van der Waals surface area contributed by atoms with Gasteiger partial charge in [0.15, 0.2) is 16.3 Å². The highest BCUT2D eigenvalue weighted by molar-refractivity contribution is 7.22. The van der Waals surface area contributed by atoms with Gasteiger partial charge in [0.25, 0.3) is 5.91 Å². The Morgan fingerprint density at radius 2 is 2.04 bits per heavy atom. The second-order valence-corrected chi connectivity index (χ2v) is 7.50. The molecule has 7 heteroatoms. The molecule has 2 aromatic carbocycles. The lowest BCUT2D eigenvalue weighted by Crippen LogP contribution is -2.15. The van der Waals surface area contributed by atoms with Gasteiger partial charge >= 0.3 is 0 Å². The third-order valence-electron chi connectivity index (χ3n) is 4.29. The van der Waals surface area contributed by atoms with Gasteiger partial charge in [0.1, 0.15) is 11.3 Å². The van der Waals surface area contributed by atoms with Crippen LogP contribution in [0.15, 0.2) is 45.6 Å². The van der Waals surface area contributed by atoms with Crippen LogP contribution in [0.1, 0.15) is 28.6 Å². The highest BCUT2D eigenvalue weighted by Gasteiger charge is 2.16. The fourth-order valence-corrected chi connectivity index (χ4v) is 4.04. The van der Waals surface area contributed by atoms with Crippen LogP contribution < -0.4 is 15.5 Å². The average molecular weight is 394 g/mol. The maximum Gasteiger partial charge on any atom is 0.293 e. The Labute approximate surface area is 164 Å². The van der Waals surface area contributed by atoms with Crippen molar-refractivity contribution in [2.45, 2.75) is 20.8 Å². The summed E-state index contributed by atoms with van der Waals surface area (Å²) < 4.78 is 12.1. The van der Waals surface area contributed by atoms with Crippen LogP contribution in [0.3, 0.4) is 0 Å². The van der Waals surface area contributed by atoms with E-state index in [1.165, 1.54) is 17.4 Å². The lowest BCUT2D eigenvalue weighted by Gasteiger charge is -2.05. The first kappa shape index (κ1) is 18.2. The minimum Gasteiger partial charge on any atom is -0.494 e. The van der Waals surface area contributed by atoms with Gasteiger partial charge in [0.05, 0.1) is 22.2 Å². The zero-order chi connectivity index (χ0) is 19.8. The zero-order valence-corrected chi connectivity index (χ0v) is 16.5. The van der Waals surface area contributed by atoms with Crippen molar-refractivity contribution < 1.29 is 13.9 Å². The number of carbonyl (C=O) groups is 1. The van der Waals surface area contributed by atoms with Crippen LogP contribution in [-0.4, -0.2) is 17.5 Å². The van der Waals surface area contributed by atoms with Crippen LogP contribution in [0.25, 0.3) is 21.2 Å². The maximum atomic E-state index is 12.6. The molecule has 142 valence electrons. The number of anilines is 1. The zero-order valence-electron chi connectivity index (χ0n) is 15.7. The molecule has 0 saturated heterocycles. The molecule has 2 heterocycles. The van der Waals surface area contributed by atoms with E-state index in [1.54, 1.807) is 6.07 Å². The molecule has 0 saturated carbocycles. The second-order valence-electron chi connectivity index (χ2n) is 6.47. The first-order valence-electron chi connectivity index (χ1n) is 8.84. The smallest absolute Gasteiger partial charge is 0.293 e. The molecule has 0 spiro atoms. The number of hydrogen-bond donors (Lipinski definition) is 1. The number of carbonyl (C=O) groups excluding carboxylic acids is 1. The maximum absolute atomic E-state index is 12.6. The topological polar surface area (TPSA) is 81.4 Å². The van der Waals surface area contributed by atoms with Crippen LogP contribution in [0.4, 0.5) is 5.13 Å². The summed E-state index contributed by atoms with van der Waals surface area (Å²) in [5.41, 5.74) is 2.71. The summed E-state index contributed by atoms with van der Waals surface area (Å²) in [6.07, 6.45) is 0. The predicted molar refractivity (Wildman–Crippen MR) is 111 cm³/mol. The van der Waals surface area contributed by atoms with Gasteiger partial charge < -0.3 is 9.15 Å². The Morgan fingerprint density at radius 3 is 2.82 bits per heavy atom. The number of rotatable bonds is 4. The van der Waals surface area contributed by atoms with Crippen LogP contribution in [0.2, 0.25) is 0 Å². The van der Waals surface area contributed by atoms with Gasteiger partial charge in [0, 0.05) is 6.07 Å². The van der Waals surface area contributed by atoms with Gasteiger partial charge in [-0.25, -0.2) is 4.98 Å². The van der Waals surface area contributed by atoms with Crippen molar-refractivity contribution in [2.24, 2.45) is 0 Å². The fraction of sp³-hybridized carbons (Fsp3) is 0.190. The summed E-state index contributed by atoms with van der Waals surface area (Å²) in [5.74, 6) is 0.196. The first-order chi connectivity index (χ1) is 13.4. The van der Waals surface area contributed by atoms with E-state index in [0.29, 0.717) is 22.7 Å². The molecule has 0 aliphatic heterocycles. The summed E-state index contributed by atoms with van der Waals surface area (Å²) in [6, 6.07) is 10.5. The van der Waals surface area contributed by atoms with Crippen molar-refractivity contribution in [3.63, 3.8) is 0 Å². The van der Waals surface area contributed by atoms with Crippen LogP contribution in [0.5, 0.6) is 5.75 Å². The van der Waals surface area contributed by atoms with Gasteiger partial charge in [-0.15, -0.1) is 0 Å². The molecular formula is C21H18N2O4S. The molecule has 1 amide bonds. The van der Waals surface area contributed by atoms with E-state index >= 15 is 0 Å². The molecule has 0 fully saturated rings. The lowest BCUT2D eigenvalue weighted by molar-refractivity contribution is 0.0997. The molecular weight excluding hydrogens is 376 g/mol. The largest absolute Gasteiger partial charge is 0.494 e. The van der Waals surface area contributed by atoms with Gasteiger partial charge in [0.2, 0.25) is 0 Å². The van der Waals surface area contributed by atoms with E-state index in [1.807, 2.05) is 45.0 Å². The van der Waals surface area contributed by atoms with Crippen molar-refractivity contribution in [3.8, 4) is 5.75 Å². The van der Waals surface area contributed by atoms with Crippen molar-refractivity contribution in [3.05, 3.63) is 63.5 Å². The number of thiazole rings is 1. The molecule has 0 radical (unpaired) electrons. The Morgan fingerprint density at radius 1 is 1.21 bits per heavy atom. The molecule has 0 aliphatic carbocycles. The number of aryl methyl sites for hydroxylation is 2. The van der Waals surface area contributed by atoms with Gasteiger partial charge in [-0.1, -0.05) is 17.4 Å². The molecule has 4 rings (SSSR count). The quantitative estimate of drug-likeness (QED) is 0.544. The van der Waals surface area contributed by atoms with Gasteiger partial charge in [-0.3, -0.25) is 14.9 Å². The lowest BCUT2D eigenvalue weighted by atomic mass is 10.1. The molecule has 6 nitrogen and oxygen atoms in total. The minimum atomic E-state index is -0.512. The Bertz CT molecular complexity index is 1270. The van der Waals surface area contributed by atoms with Crippen molar-refractivity contribution in [1.29, 1.82) is 0 Å². The number of ether oxygens (including phenoxy) is 1. The van der Waals surface area contributed by atoms with E-state index in [-0.39, 0.29) is 11.2 Å².